The highest BCUT2D eigenvalue weighted by Crippen LogP contribution is 2.32. The number of rotatable bonds is 4. The van der Waals surface area contributed by atoms with Crippen LogP contribution in [0.3, 0.4) is 0 Å². The van der Waals surface area contributed by atoms with Crippen molar-refractivity contribution in [1.29, 1.82) is 0 Å². The molecule has 0 aliphatic carbocycles. The number of aromatic hydroxyl groups is 2. The van der Waals surface area contributed by atoms with Gasteiger partial charge in [0, 0.05) is 31.6 Å². The number of thiazole rings is 1. The van der Waals surface area contributed by atoms with Crippen LogP contribution < -0.4 is 0 Å². The van der Waals surface area contributed by atoms with Gasteiger partial charge in [-0.25, -0.2) is 4.98 Å². The Balaban J connectivity index is 2.09. The van der Waals surface area contributed by atoms with Gasteiger partial charge in [0.1, 0.15) is 0 Å². The summed E-state index contributed by atoms with van der Waals surface area (Å²) >= 11 is 1.54. The van der Waals surface area contributed by atoms with Crippen molar-refractivity contribution < 1.29 is 15.0 Å². The van der Waals surface area contributed by atoms with Crippen LogP contribution in [0.4, 0.5) is 0 Å². The Kier molecular flexibility index (Phi) is 4.24. The SMILES string of the molecule is Cc1ccc(C(=O)N(C)CCc2nccs2)c(O)c1O. The maximum Gasteiger partial charge on any atom is 0.257 e. The summed E-state index contributed by atoms with van der Waals surface area (Å²) < 4.78 is 0. The van der Waals surface area contributed by atoms with E-state index < -0.39 is 0 Å². The fraction of sp³-hybridized carbons (Fsp3) is 0.286. The molecule has 0 bridgehead atoms. The summed E-state index contributed by atoms with van der Waals surface area (Å²) in [6, 6.07) is 3.13. The molecule has 20 heavy (non-hydrogen) atoms. The van der Waals surface area contributed by atoms with Crippen molar-refractivity contribution in [2.45, 2.75) is 13.3 Å². The van der Waals surface area contributed by atoms with E-state index in [4.69, 9.17) is 0 Å². The summed E-state index contributed by atoms with van der Waals surface area (Å²) in [7, 11) is 1.66. The van der Waals surface area contributed by atoms with Gasteiger partial charge in [-0.15, -0.1) is 11.3 Å². The van der Waals surface area contributed by atoms with E-state index in [2.05, 4.69) is 4.98 Å². The summed E-state index contributed by atoms with van der Waals surface area (Å²) in [6.45, 7) is 2.16. The van der Waals surface area contributed by atoms with Crippen molar-refractivity contribution in [2.24, 2.45) is 0 Å². The molecule has 0 saturated heterocycles. The number of aromatic nitrogens is 1. The van der Waals surface area contributed by atoms with E-state index in [9.17, 15) is 15.0 Å². The predicted octanol–water partition coefficient (Wildman–Crippen LogP) is 2.18. The minimum Gasteiger partial charge on any atom is -0.504 e. The van der Waals surface area contributed by atoms with E-state index in [1.54, 1.807) is 37.6 Å². The predicted molar refractivity (Wildman–Crippen MR) is 77.3 cm³/mol. The zero-order valence-electron chi connectivity index (χ0n) is 11.3. The van der Waals surface area contributed by atoms with E-state index in [0.717, 1.165) is 5.01 Å². The Morgan fingerprint density at radius 2 is 2.10 bits per heavy atom. The molecule has 1 heterocycles. The van der Waals surface area contributed by atoms with E-state index in [-0.39, 0.29) is 23.0 Å². The number of hydrogen-bond acceptors (Lipinski definition) is 5. The number of benzene rings is 1. The van der Waals surface area contributed by atoms with Crippen molar-refractivity contribution >= 4 is 17.2 Å². The second-order valence-electron chi connectivity index (χ2n) is 4.53. The second kappa shape index (κ2) is 5.92. The molecule has 5 nitrogen and oxygen atoms in total. The van der Waals surface area contributed by atoms with Crippen LogP contribution in [0.15, 0.2) is 23.7 Å². The first-order valence-corrected chi connectivity index (χ1v) is 7.04. The third kappa shape index (κ3) is 2.91. The first kappa shape index (κ1) is 14.3. The van der Waals surface area contributed by atoms with Crippen molar-refractivity contribution in [3.63, 3.8) is 0 Å². The molecule has 1 aromatic heterocycles. The van der Waals surface area contributed by atoms with Crippen LogP contribution >= 0.6 is 11.3 Å². The standard InChI is InChI=1S/C14H16N2O3S/c1-9-3-4-10(13(18)12(9)17)14(19)16(2)7-5-11-15-6-8-20-11/h3-4,6,8,17-18H,5,7H2,1-2H3. The van der Waals surface area contributed by atoms with Crippen LogP contribution in [0, 0.1) is 6.92 Å². The average Bonchev–Trinajstić information content (AvgIpc) is 2.95. The minimum absolute atomic E-state index is 0.106. The lowest BCUT2D eigenvalue weighted by Crippen LogP contribution is -2.28. The molecule has 0 spiro atoms. The van der Waals surface area contributed by atoms with Crippen LogP contribution in [0.2, 0.25) is 0 Å². The largest absolute Gasteiger partial charge is 0.504 e. The molecule has 106 valence electrons. The molecule has 0 radical (unpaired) electrons. The number of nitrogens with zero attached hydrogens (tertiary/aromatic N) is 2. The molecule has 1 aromatic carbocycles. The molecule has 0 aliphatic rings. The maximum atomic E-state index is 12.2. The number of amides is 1. The molecule has 0 fully saturated rings. The van der Waals surface area contributed by atoms with Crippen LogP contribution in [0.1, 0.15) is 20.9 Å². The molecule has 2 aromatic rings. The van der Waals surface area contributed by atoms with Crippen LogP contribution in [0.5, 0.6) is 11.5 Å². The van der Waals surface area contributed by atoms with E-state index in [1.165, 1.54) is 11.0 Å². The molecule has 2 N–H and O–H groups in total. The highest BCUT2D eigenvalue weighted by molar-refractivity contribution is 7.09. The number of likely N-dealkylation sites (N-methyl/N-ethyl adjacent to an activating group) is 1. The molecule has 6 heteroatoms. The summed E-state index contributed by atoms with van der Waals surface area (Å²) in [6.07, 6.45) is 2.39. The molecule has 1 amide bonds. The van der Waals surface area contributed by atoms with Crippen LogP contribution in [-0.4, -0.2) is 39.6 Å². The van der Waals surface area contributed by atoms with Gasteiger partial charge in [-0.1, -0.05) is 6.07 Å². The number of hydrogen-bond donors (Lipinski definition) is 2. The van der Waals surface area contributed by atoms with Gasteiger partial charge in [-0.2, -0.15) is 0 Å². The van der Waals surface area contributed by atoms with Crippen LogP contribution in [0.25, 0.3) is 0 Å². The van der Waals surface area contributed by atoms with Gasteiger partial charge in [-0.05, 0) is 18.6 Å². The fourth-order valence-electron chi connectivity index (χ4n) is 1.80. The lowest BCUT2D eigenvalue weighted by atomic mass is 10.1. The summed E-state index contributed by atoms with van der Waals surface area (Å²) in [5, 5.41) is 22.4. The van der Waals surface area contributed by atoms with Gasteiger partial charge >= 0.3 is 0 Å². The Hall–Kier alpha value is -2.08. The van der Waals surface area contributed by atoms with E-state index >= 15 is 0 Å². The summed E-state index contributed by atoms with van der Waals surface area (Å²) in [4.78, 5) is 17.9. The zero-order chi connectivity index (χ0) is 14.7. The van der Waals surface area contributed by atoms with Gasteiger partial charge in [0.15, 0.2) is 11.5 Å². The van der Waals surface area contributed by atoms with Gasteiger partial charge in [0.05, 0.1) is 10.6 Å². The van der Waals surface area contributed by atoms with Gasteiger partial charge in [-0.3, -0.25) is 4.79 Å². The second-order valence-corrected chi connectivity index (χ2v) is 5.51. The Morgan fingerprint density at radius 3 is 2.75 bits per heavy atom. The smallest absolute Gasteiger partial charge is 0.257 e. The number of phenolic OH excluding ortho intramolecular Hbond substituents is 2. The molecule has 2 rings (SSSR count). The minimum atomic E-state index is -0.365. The first-order valence-electron chi connectivity index (χ1n) is 6.16. The Labute approximate surface area is 121 Å². The summed E-state index contributed by atoms with van der Waals surface area (Å²) in [5.41, 5.74) is 0.638. The number of phenols is 2. The third-order valence-electron chi connectivity index (χ3n) is 3.07. The zero-order valence-corrected chi connectivity index (χ0v) is 12.1. The number of carbonyl (C=O) groups excluding carboxylic acids is 1. The Bertz CT molecular complexity index is 611. The van der Waals surface area contributed by atoms with E-state index in [0.29, 0.717) is 18.5 Å². The highest BCUT2D eigenvalue weighted by atomic mass is 32.1. The van der Waals surface area contributed by atoms with Crippen molar-refractivity contribution in [1.82, 2.24) is 9.88 Å². The lowest BCUT2D eigenvalue weighted by Gasteiger charge is -2.17. The average molecular weight is 292 g/mol. The normalized spacial score (nSPS) is 10.5. The molecular weight excluding hydrogens is 276 g/mol. The lowest BCUT2D eigenvalue weighted by molar-refractivity contribution is 0.0793. The molecule has 0 saturated carbocycles. The quantitative estimate of drug-likeness (QED) is 0.847. The monoisotopic (exact) mass is 292 g/mol. The fourth-order valence-corrected chi connectivity index (χ4v) is 2.41. The Morgan fingerprint density at radius 1 is 1.35 bits per heavy atom. The van der Waals surface area contributed by atoms with Gasteiger partial charge in [0.2, 0.25) is 0 Å². The van der Waals surface area contributed by atoms with Crippen molar-refractivity contribution in [3.05, 3.63) is 39.8 Å². The summed E-state index contributed by atoms with van der Waals surface area (Å²) in [5.74, 6) is -0.936. The van der Waals surface area contributed by atoms with Crippen molar-refractivity contribution in [3.8, 4) is 11.5 Å². The van der Waals surface area contributed by atoms with Gasteiger partial charge in [0.25, 0.3) is 5.91 Å². The number of aryl methyl sites for hydroxylation is 1. The highest BCUT2D eigenvalue weighted by Gasteiger charge is 2.19. The maximum absolute atomic E-state index is 12.2. The molecular formula is C14H16N2O3S. The van der Waals surface area contributed by atoms with Crippen LogP contribution in [-0.2, 0) is 6.42 Å². The third-order valence-corrected chi connectivity index (χ3v) is 3.91. The molecule has 0 aliphatic heterocycles. The first-order chi connectivity index (χ1) is 9.50. The molecule has 0 unspecified atom stereocenters. The topological polar surface area (TPSA) is 73.7 Å². The molecule has 0 atom stereocenters. The van der Waals surface area contributed by atoms with Gasteiger partial charge < -0.3 is 15.1 Å². The number of carbonyl (C=O) groups is 1. The van der Waals surface area contributed by atoms with Crippen molar-refractivity contribution in [2.75, 3.05) is 13.6 Å². The van der Waals surface area contributed by atoms with E-state index in [1.807, 2.05) is 5.38 Å².